The molecule has 186 valence electrons. The van der Waals surface area contributed by atoms with Crippen molar-refractivity contribution in [2.24, 2.45) is 7.05 Å². The quantitative estimate of drug-likeness (QED) is 0.341. The summed E-state index contributed by atoms with van der Waals surface area (Å²) in [6.45, 7) is 5.30. The number of aromatic nitrogens is 4. The molecule has 3 aromatic heterocycles. The van der Waals surface area contributed by atoms with E-state index in [9.17, 15) is 4.79 Å². The van der Waals surface area contributed by atoms with Crippen LogP contribution in [0.3, 0.4) is 0 Å². The van der Waals surface area contributed by atoms with Gasteiger partial charge >= 0.3 is 0 Å². The second kappa shape index (κ2) is 8.39. The van der Waals surface area contributed by atoms with Crippen molar-refractivity contribution < 1.29 is 9.53 Å². The second-order valence-corrected chi connectivity index (χ2v) is 11.3. The summed E-state index contributed by atoms with van der Waals surface area (Å²) in [6, 6.07) is 16.7. The van der Waals surface area contributed by atoms with E-state index in [-0.39, 0.29) is 18.1 Å². The molecule has 8 heteroatoms. The van der Waals surface area contributed by atoms with Gasteiger partial charge in [-0.1, -0.05) is 24.3 Å². The average Bonchev–Trinajstić information content (AvgIpc) is 3.65. The van der Waals surface area contributed by atoms with Gasteiger partial charge in [-0.2, -0.15) is 10.2 Å². The largest absolute Gasteiger partial charge is 0.372 e. The summed E-state index contributed by atoms with van der Waals surface area (Å²) >= 11 is 1.82. The summed E-state index contributed by atoms with van der Waals surface area (Å²) in [5.74, 6) is 0.0705. The van der Waals surface area contributed by atoms with Gasteiger partial charge in [0, 0.05) is 64.0 Å². The molecule has 1 fully saturated rings. The van der Waals surface area contributed by atoms with Crippen LogP contribution in [-0.2, 0) is 18.2 Å². The summed E-state index contributed by atoms with van der Waals surface area (Å²) in [6.07, 6.45) is 2.88. The number of carbonyl (C=O) groups excluding carboxylic acids is 1. The number of thiophene rings is 1. The molecule has 0 saturated carbocycles. The Morgan fingerprint density at radius 1 is 1.05 bits per heavy atom. The molecule has 7 nitrogen and oxygen atoms in total. The Balaban J connectivity index is 1.14. The first-order valence-electron chi connectivity index (χ1n) is 12.6. The zero-order chi connectivity index (χ0) is 25.3. The lowest BCUT2D eigenvalue weighted by atomic mass is 10.0. The number of rotatable bonds is 3. The zero-order valence-electron chi connectivity index (χ0n) is 21.0. The Labute approximate surface area is 218 Å². The minimum absolute atomic E-state index is 0.0615. The van der Waals surface area contributed by atoms with Crippen molar-refractivity contribution in [3.05, 3.63) is 70.7 Å². The SMILES string of the molecule is C[C@@H]1CN(C(=O)c2ccc(-c3cc4c(s3)Cc3c(-c5ccc6cnn(C)c6c5)n[nH]c3-4)cc2)C[C@H](C)O1. The third-order valence-corrected chi connectivity index (χ3v) is 8.61. The first-order chi connectivity index (χ1) is 17.9. The van der Waals surface area contributed by atoms with Crippen molar-refractivity contribution in [2.45, 2.75) is 32.5 Å². The number of nitrogens with zero attached hydrogens (tertiary/aromatic N) is 4. The van der Waals surface area contributed by atoms with Gasteiger partial charge in [-0.05, 0) is 43.7 Å². The number of ether oxygens (including phenoxy) is 1. The molecule has 4 heterocycles. The van der Waals surface area contributed by atoms with Gasteiger partial charge in [0.25, 0.3) is 5.91 Å². The molecule has 2 aromatic carbocycles. The minimum atomic E-state index is 0.0615. The summed E-state index contributed by atoms with van der Waals surface area (Å²) in [5, 5.41) is 13.5. The molecule has 1 aliphatic carbocycles. The van der Waals surface area contributed by atoms with Crippen molar-refractivity contribution in [3.8, 4) is 33.0 Å². The molecule has 2 atom stereocenters. The van der Waals surface area contributed by atoms with Gasteiger partial charge in [-0.25, -0.2) is 0 Å². The number of nitrogens with one attached hydrogen (secondary N) is 1. The molecular weight excluding hydrogens is 482 g/mol. The number of amides is 1. The van der Waals surface area contributed by atoms with Gasteiger partial charge in [-0.15, -0.1) is 11.3 Å². The molecule has 0 radical (unpaired) electrons. The molecule has 0 unspecified atom stereocenters. The highest BCUT2D eigenvalue weighted by Crippen LogP contribution is 2.46. The van der Waals surface area contributed by atoms with Gasteiger partial charge in [-0.3, -0.25) is 14.6 Å². The monoisotopic (exact) mass is 509 g/mol. The summed E-state index contributed by atoms with van der Waals surface area (Å²) in [5.41, 5.74) is 8.66. The highest BCUT2D eigenvalue weighted by atomic mass is 32.1. The van der Waals surface area contributed by atoms with Crippen LogP contribution in [0.4, 0.5) is 0 Å². The molecule has 1 N–H and O–H groups in total. The first kappa shape index (κ1) is 22.4. The van der Waals surface area contributed by atoms with Crippen molar-refractivity contribution >= 4 is 28.1 Å². The van der Waals surface area contributed by atoms with E-state index >= 15 is 0 Å². The van der Waals surface area contributed by atoms with Crippen LogP contribution in [0.15, 0.2) is 54.7 Å². The summed E-state index contributed by atoms with van der Waals surface area (Å²) < 4.78 is 7.67. The lowest BCUT2D eigenvalue weighted by molar-refractivity contribution is -0.0586. The predicted octanol–water partition coefficient (Wildman–Crippen LogP) is 5.51. The number of benzene rings is 2. The number of morpholine rings is 1. The van der Waals surface area contributed by atoms with Crippen LogP contribution in [0.5, 0.6) is 0 Å². The molecule has 37 heavy (non-hydrogen) atoms. The van der Waals surface area contributed by atoms with E-state index in [1.165, 1.54) is 20.9 Å². The van der Waals surface area contributed by atoms with E-state index in [1.807, 2.05) is 60.1 Å². The fraction of sp³-hybridized carbons (Fsp3) is 0.276. The standard InChI is InChI=1S/C29H27N5O2S/c1-16-14-34(15-17(2)36-16)29(35)19-6-4-18(5-7-19)25-11-22-26(37-25)12-23-27(31-32-28(22)23)20-8-9-21-13-30-33(3)24(21)10-20/h4-11,13,16-17H,12,14-15H2,1-3H3,(H,31,32)/t16-,17+. The highest BCUT2D eigenvalue weighted by molar-refractivity contribution is 7.16. The third-order valence-electron chi connectivity index (χ3n) is 7.43. The van der Waals surface area contributed by atoms with Crippen LogP contribution in [0.1, 0.15) is 34.6 Å². The molecular formula is C29H27N5O2S. The van der Waals surface area contributed by atoms with E-state index < -0.39 is 0 Å². The van der Waals surface area contributed by atoms with Crippen LogP contribution < -0.4 is 0 Å². The van der Waals surface area contributed by atoms with Crippen molar-refractivity contribution in [1.82, 2.24) is 24.9 Å². The Bertz CT molecular complexity index is 1650. The smallest absolute Gasteiger partial charge is 0.254 e. The maximum absolute atomic E-state index is 13.0. The van der Waals surface area contributed by atoms with Crippen LogP contribution in [0.25, 0.3) is 43.9 Å². The Hall–Kier alpha value is -3.75. The van der Waals surface area contributed by atoms with Crippen LogP contribution >= 0.6 is 11.3 Å². The minimum Gasteiger partial charge on any atom is -0.372 e. The highest BCUT2D eigenvalue weighted by Gasteiger charge is 2.29. The number of hydrogen-bond donors (Lipinski definition) is 1. The fourth-order valence-corrected chi connectivity index (χ4v) is 6.85. The van der Waals surface area contributed by atoms with E-state index in [2.05, 4.69) is 46.6 Å². The number of H-pyrrole nitrogens is 1. The average molecular weight is 510 g/mol. The maximum Gasteiger partial charge on any atom is 0.254 e. The predicted molar refractivity (Wildman–Crippen MR) is 146 cm³/mol. The molecule has 0 bridgehead atoms. The lowest BCUT2D eigenvalue weighted by Gasteiger charge is -2.35. The third kappa shape index (κ3) is 3.70. The van der Waals surface area contributed by atoms with Crippen molar-refractivity contribution in [2.75, 3.05) is 13.1 Å². The maximum atomic E-state index is 13.0. The van der Waals surface area contributed by atoms with Gasteiger partial charge in [0.2, 0.25) is 0 Å². The molecule has 1 amide bonds. The first-order valence-corrected chi connectivity index (χ1v) is 13.4. The fourth-order valence-electron chi connectivity index (χ4n) is 5.67. The lowest BCUT2D eigenvalue weighted by Crippen LogP contribution is -2.48. The Morgan fingerprint density at radius 2 is 1.81 bits per heavy atom. The molecule has 2 aliphatic rings. The van der Waals surface area contributed by atoms with Crippen LogP contribution in [0.2, 0.25) is 0 Å². The van der Waals surface area contributed by atoms with Crippen molar-refractivity contribution in [3.63, 3.8) is 0 Å². The van der Waals surface area contributed by atoms with Gasteiger partial charge in [0.1, 0.15) is 0 Å². The van der Waals surface area contributed by atoms with Gasteiger partial charge in [0.05, 0.1) is 35.3 Å². The second-order valence-electron chi connectivity index (χ2n) is 10.1. The number of aryl methyl sites for hydroxylation is 1. The normalized spacial score (nSPS) is 18.8. The Morgan fingerprint density at radius 3 is 2.59 bits per heavy atom. The van der Waals surface area contributed by atoms with E-state index in [0.29, 0.717) is 13.1 Å². The summed E-state index contributed by atoms with van der Waals surface area (Å²) in [7, 11) is 1.96. The Kier molecular flexibility index (Phi) is 5.09. The number of carbonyl (C=O) groups is 1. The van der Waals surface area contributed by atoms with Crippen molar-refractivity contribution in [1.29, 1.82) is 0 Å². The van der Waals surface area contributed by atoms with E-state index in [4.69, 9.17) is 9.84 Å². The number of aromatic amines is 1. The van der Waals surface area contributed by atoms with Crippen LogP contribution in [-0.4, -0.2) is 56.1 Å². The number of fused-ring (bicyclic) bond motifs is 4. The molecule has 1 aliphatic heterocycles. The zero-order valence-corrected chi connectivity index (χ0v) is 21.8. The molecule has 7 rings (SSSR count). The van der Waals surface area contributed by atoms with Gasteiger partial charge < -0.3 is 9.64 Å². The molecule has 1 saturated heterocycles. The number of hydrogen-bond acceptors (Lipinski definition) is 5. The molecule has 5 aromatic rings. The summed E-state index contributed by atoms with van der Waals surface area (Å²) in [4.78, 5) is 17.5. The van der Waals surface area contributed by atoms with E-state index in [1.54, 1.807) is 0 Å². The van der Waals surface area contributed by atoms with E-state index in [0.717, 1.165) is 45.4 Å². The topological polar surface area (TPSA) is 76.0 Å². The van der Waals surface area contributed by atoms with Gasteiger partial charge in [0.15, 0.2) is 0 Å². The van der Waals surface area contributed by atoms with Crippen LogP contribution in [0, 0.1) is 0 Å². The molecule has 0 spiro atoms.